The minimum Gasteiger partial charge on any atom is -0.497 e. The average Bonchev–Trinajstić information content (AvgIpc) is 2.73. The smallest absolute Gasteiger partial charge is 0.159 e. The zero-order valence-electron chi connectivity index (χ0n) is 15.0. The van der Waals surface area contributed by atoms with E-state index in [1.807, 2.05) is 48.5 Å². The molecule has 0 bridgehead atoms. The molecule has 0 spiro atoms. The van der Waals surface area contributed by atoms with Crippen LogP contribution in [0, 0.1) is 0 Å². The quantitative estimate of drug-likeness (QED) is 0.629. The van der Waals surface area contributed by atoms with E-state index in [4.69, 9.17) is 9.47 Å². The van der Waals surface area contributed by atoms with Crippen LogP contribution >= 0.6 is 0 Å². The van der Waals surface area contributed by atoms with Gasteiger partial charge in [-0.15, -0.1) is 0 Å². The van der Waals surface area contributed by atoms with Crippen molar-refractivity contribution >= 4 is 17.1 Å². The van der Waals surface area contributed by atoms with Crippen LogP contribution in [0.2, 0.25) is 0 Å². The summed E-state index contributed by atoms with van der Waals surface area (Å²) in [6.07, 6.45) is 0. The van der Waals surface area contributed by atoms with Crippen molar-refractivity contribution in [1.29, 1.82) is 0 Å². The molecule has 4 rings (SSSR count). The lowest BCUT2D eigenvalue weighted by Gasteiger charge is -2.34. The van der Waals surface area contributed by atoms with Gasteiger partial charge in [0, 0.05) is 17.7 Å². The number of benzene rings is 3. The van der Waals surface area contributed by atoms with E-state index in [0.29, 0.717) is 0 Å². The predicted molar refractivity (Wildman–Crippen MR) is 106 cm³/mol. The number of anilines is 1. The highest BCUT2D eigenvalue weighted by Crippen LogP contribution is 2.44. The normalized spacial score (nSPS) is 13.2. The fourth-order valence-electron chi connectivity index (χ4n) is 3.32. The molecule has 0 saturated carbocycles. The van der Waals surface area contributed by atoms with Gasteiger partial charge >= 0.3 is 0 Å². The number of para-hydroxylation sites is 2. The molecule has 0 saturated heterocycles. The van der Waals surface area contributed by atoms with E-state index in [1.165, 1.54) is 0 Å². The molecule has 0 aromatic heterocycles. The summed E-state index contributed by atoms with van der Waals surface area (Å²) in [6.45, 7) is 3.01. The second kappa shape index (κ2) is 6.96. The van der Waals surface area contributed by atoms with Crippen molar-refractivity contribution in [2.45, 2.75) is 6.92 Å². The van der Waals surface area contributed by atoms with E-state index in [1.54, 1.807) is 7.11 Å². The average molecular weight is 343 g/mol. The van der Waals surface area contributed by atoms with Gasteiger partial charge in [0.1, 0.15) is 5.75 Å². The Balaban J connectivity index is 1.93. The third-order valence-electron chi connectivity index (χ3n) is 4.57. The number of hydrogen-bond acceptors (Lipinski definition) is 3. The zero-order chi connectivity index (χ0) is 17.9. The molecule has 1 heterocycles. The summed E-state index contributed by atoms with van der Waals surface area (Å²) < 4.78 is 11.7. The van der Waals surface area contributed by atoms with Gasteiger partial charge in [-0.2, -0.15) is 0 Å². The molecule has 0 radical (unpaired) electrons. The van der Waals surface area contributed by atoms with E-state index < -0.39 is 0 Å². The Kier molecular flexibility index (Phi) is 4.36. The second-order valence-corrected chi connectivity index (χ2v) is 6.09. The highest BCUT2D eigenvalue weighted by Gasteiger charge is 2.27. The van der Waals surface area contributed by atoms with Crippen molar-refractivity contribution in [3.05, 3.63) is 90.0 Å². The van der Waals surface area contributed by atoms with Crippen LogP contribution in [0.3, 0.4) is 0 Å². The van der Waals surface area contributed by atoms with Gasteiger partial charge < -0.3 is 14.4 Å². The predicted octanol–water partition coefficient (Wildman–Crippen LogP) is 5.44. The number of methoxy groups -OCH3 is 1. The largest absolute Gasteiger partial charge is 0.497 e. The summed E-state index contributed by atoms with van der Waals surface area (Å²) in [5, 5.41) is 0. The lowest BCUT2D eigenvalue weighted by molar-refractivity contribution is 0.414. The van der Waals surface area contributed by atoms with Gasteiger partial charge in [-0.1, -0.05) is 42.5 Å². The number of rotatable bonds is 4. The molecule has 3 nitrogen and oxygen atoms in total. The number of ether oxygens (including phenoxy) is 2. The van der Waals surface area contributed by atoms with Gasteiger partial charge in [0.2, 0.25) is 0 Å². The first-order valence-corrected chi connectivity index (χ1v) is 8.80. The Morgan fingerprint density at radius 2 is 1.50 bits per heavy atom. The Morgan fingerprint density at radius 3 is 2.19 bits per heavy atom. The molecule has 0 fully saturated rings. The van der Waals surface area contributed by atoms with Crippen LogP contribution < -0.4 is 14.4 Å². The molecule has 130 valence electrons. The molecule has 1 aliphatic heterocycles. The zero-order valence-corrected chi connectivity index (χ0v) is 15.0. The molecule has 1 aliphatic rings. The van der Waals surface area contributed by atoms with Crippen LogP contribution in [0.4, 0.5) is 5.69 Å². The van der Waals surface area contributed by atoms with E-state index >= 15 is 0 Å². The van der Waals surface area contributed by atoms with Gasteiger partial charge in [0.15, 0.2) is 11.5 Å². The Bertz CT molecular complexity index is 930. The van der Waals surface area contributed by atoms with Crippen LogP contribution in [-0.4, -0.2) is 13.7 Å². The van der Waals surface area contributed by atoms with E-state index in [9.17, 15) is 0 Å². The Hall–Kier alpha value is -3.20. The van der Waals surface area contributed by atoms with Gasteiger partial charge in [-0.25, -0.2) is 0 Å². The summed E-state index contributed by atoms with van der Waals surface area (Å²) in [6, 6.07) is 26.6. The van der Waals surface area contributed by atoms with Crippen molar-refractivity contribution in [3.8, 4) is 11.5 Å². The molecule has 0 aliphatic carbocycles. The molecule has 3 aromatic carbocycles. The first kappa shape index (κ1) is 16.3. The van der Waals surface area contributed by atoms with Crippen LogP contribution in [0.25, 0.3) is 11.5 Å². The van der Waals surface area contributed by atoms with Gasteiger partial charge in [0.25, 0.3) is 0 Å². The van der Waals surface area contributed by atoms with Gasteiger partial charge in [-0.05, 0) is 43.3 Å². The minimum atomic E-state index is 0.833. The maximum absolute atomic E-state index is 6.39. The second-order valence-electron chi connectivity index (χ2n) is 6.09. The Labute approximate surface area is 154 Å². The maximum atomic E-state index is 6.39. The van der Waals surface area contributed by atoms with Crippen LogP contribution in [-0.2, 0) is 0 Å². The molecule has 3 heteroatoms. The maximum Gasteiger partial charge on any atom is 0.159 e. The summed E-state index contributed by atoms with van der Waals surface area (Å²) >= 11 is 0. The third-order valence-corrected chi connectivity index (χ3v) is 4.57. The first-order valence-electron chi connectivity index (χ1n) is 8.80. The molecule has 0 amide bonds. The lowest BCUT2D eigenvalue weighted by Crippen LogP contribution is -2.27. The van der Waals surface area contributed by atoms with Gasteiger partial charge in [0.05, 0.1) is 18.5 Å². The van der Waals surface area contributed by atoms with E-state index in [2.05, 4.69) is 42.2 Å². The fourth-order valence-corrected chi connectivity index (χ4v) is 3.32. The third kappa shape index (κ3) is 2.82. The van der Waals surface area contributed by atoms with Crippen molar-refractivity contribution in [2.75, 3.05) is 18.6 Å². The summed E-state index contributed by atoms with van der Waals surface area (Å²) in [5.41, 5.74) is 4.33. The van der Waals surface area contributed by atoms with Crippen molar-refractivity contribution in [3.63, 3.8) is 0 Å². The minimum absolute atomic E-state index is 0.833. The van der Waals surface area contributed by atoms with Crippen molar-refractivity contribution < 1.29 is 9.47 Å². The standard InChI is InChI=1S/C23H21NO2/c1-3-24-20-11-7-8-12-21(20)26-23(18-13-15-19(25-2)16-14-18)22(24)17-9-5-4-6-10-17/h4-16H,3H2,1-2H3. The monoisotopic (exact) mass is 343 g/mol. The summed E-state index contributed by atoms with van der Waals surface area (Å²) in [4.78, 5) is 2.31. The number of fused-ring (bicyclic) bond motifs is 1. The summed E-state index contributed by atoms with van der Waals surface area (Å²) in [5.74, 6) is 2.57. The first-order chi connectivity index (χ1) is 12.8. The van der Waals surface area contributed by atoms with E-state index in [0.717, 1.165) is 46.3 Å². The molecule has 26 heavy (non-hydrogen) atoms. The van der Waals surface area contributed by atoms with Gasteiger partial charge in [-0.3, -0.25) is 0 Å². The van der Waals surface area contributed by atoms with E-state index in [-0.39, 0.29) is 0 Å². The molecule has 0 unspecified atom stereocenters. The fraction of sp³-hybridized carbons (Fsp3) is 0.130. The summed E-state index contributed by atoms with van der Waals surface area (Å²) in [7, 11) is 1.68. The Morgan fingerprint density at radius 1 is 0.808 bits per heavy atom. The molecule has 3 aromatic rings. The number of hydrogen-bond donors (Lipinski definition) is 0. The lowest BCUT2D eigenvalue weighted by atomic mass is 10.0. The van der Waals surface area contributed by atoms with Crippen LogP contribution in [0.1, 0.15) is 18.1 Å². The molecular formula is C23H21NO2. The highest BCUT2D eigenvalue weighted by atomic mass is 16.5. The van der Waals surface area contributed by atoms with Crippen LogP contribution in [0.5, 0.6) is 11.5 Å². The van der Waals surface area contributed by atoms with Crippen molar-refractivity contribution in [1.82, 2.24) is 0 Å². The highest BCUT2D eigenvalue weighted by molar-refractivity contribution is 5.98. The molecule has 0 atom stereocenters. The van der Waals surface area contributed by atoms with Crippen LogP contribution in [0.15, 0.2) is 78.9 Å². The molecular weight excluding hydrogens is 322 g/mol. The topological polar surface area (TPSA) is 21.7 Å². The molecule has 0 N–H and O–H groups in total. The van der Waals surface area contributed by atoms with Crippen molar-refractivity contribution in [2.24, 2.45) is 0 Å². The SMILES string of the molecule is CCN1C(c2ccccc2)=C(c2ccc(OC)cc2)Oc2ccccc21. The number of nitrogens with zero attached hydrogens (tertiary/aromatic N) is 1.